The van der Waals surface area contributed by atoms with Gasteiger partial charge in [0, 0.05) is 19.0 Å². The summed E-state index contributed by atoms with van der Waals surface area (Å²) in [6, 6.07) is 1.25. The predicted molar refractivity (Wildman–Crippen MR) is 238 cm³/mol. The van der Waals surface area contributed by atoms with Gasteiger partial charge >= 0.3 is 33.3 Å². The summed E-state index contributed by atoms with van der Waals surface area (Å²) < 4.78 is 62.3. The van der Waals surface area contributed by atoms with Crippen LogP contribution in [-0.2, 0) is 51.0 Å². The van der Waals surface area contributed by atoms with Gasteiger partial charge in [-0.1, -0.05) is 116 Å². The van der Waals surface area contributed by atoms with Crippen LogP contribution < -0.4 is 11.4 Å². The second-order valence-corrected chi connectivity index (χ2v) is 20.2. The predicted octanol–water partition coefficient (Wildman–Crippen LogP) is 7.34. The first kappa shape index (κ1) is 55.8. The van der Waals surface area contributed by atoms with Crippen LogP contribution in [-0.4, -0.2) is 97.9 Å². The summed E-state index contributed by atoms with van der Waals surface area (Å²) in [5, 5.41) is 20.9. The normalized spacial score (nSPS) is 23.2. The Morgan fingerprint density at radius 1 is 0.812 bits per heavy atom. The number of anilines is 1. The summed E-state index contributed by atoms with van der Waals surface area (Å²) in [7, 11) is -10.8. The number of nitrogens with zero attached hydrogens (tertiary/aromatic N) is 2. The van der Waals surface area contributed by atoms with Crippen LogP contribution in [0.2, 0.25) is 0 Å². The van der Waals surface area contributed by atoms with E-state index in [1.165, 1.54) is 44.6 Å². The van der Waals surface area contributed by atoms with Crippen LogP contribution in [0.4, 0.5) is 5.82 Å². The molecule has 19 nitrogen and oxygen atoms in total. The molecule has 2 aliphatic heterocycles. The van der Waals surface area contributed by atoms with Crippen molar-refractivity contribution in [2.45, 2.75) is 198 Å². The van der Waals surface area contributed by atoms with Crippen LogP contribution in [0.5, 0.6) is 0 Å². The van der Waals surface area contributed by atoms with Crippen molar-refractivity contribution < 1.29 is 71.0 Å². The fraction of sp³-hybridized carbons (Fsp3) is 0.814. The third-order valence-corrected chi connectivity index (χ3v) is 13.6. The van der Waals surface area contributed by atoms with E-state index in [-0.39, 0.29) is 18.7 Å². The Hall–Kier alpha value is -2.54. The third-order valence-electron chi connectivity index (χ3n) is 11.0. The van der Waals surface area contributed by atoms with Crippen LogP contribution in [0.3, 0.4) is 0 Å². The van der Waals surface area contributed by atoms with Gasteiger partial charge in [0.05, 0.1) is 25.4 Å². The smallest absolute Gasteiger partial charge is 0.462 e. The van der Waals surface area contributed by atoms with Crippen LogP contribution in [0, 0.1) is 5.92 Å². The molecule has 2 fully saturated rings. The highest BCUT2D eigenvalue weighted by atomic mass is 31.3. The largest absolute Gasteiger partial charge is 0.481 e. The van der Waals surface area contributed by atoms with E-state index in [9.17, 15) is 43.5 Å². The van der Waals surface area contributed by atoms with Gasteiger partial charge in [0.25, 0.3) is 0 Å². The van der Waals surface area contributed by atoms with Crippen molar-refractivity contribution in [2.75, 3.05) is 25.6 Å². The number of aliphatic hydroxyl groups excluding tert-OH is 2. The summed E-state index contributed by atoms with van der Waals surface area (Å²) >= 11 is 0. The Morgan fingerprint density at radius 2 is 1.45 bits per heavy atom. The lowest BCUT2D eigenvalue weighted by molar-refractivity contribution is -0.161. The van der Waals surface area contributed by atoms with Gasteiger partial charge in [-0.15, -0.1) is 0 Å². The molecule has 0 saturated carbocycles. The maximum absolute atomic E-state index is 12.8. The number of nitrogens with two attached hydrogens (primary N) is 1. The minimum Gasteiger partial charge on any atom is -0.462 e. The number of aromatic nitrogens is 2. The molecule has 0 bridgehead atoms. The molecule has 6 N–H and O–H groups in total. The van der Waals surface area contributed by atoms with Crippen LogP contribution in [0.15, 0.2) is 29.2 Å². The van der Waals surface area contributed by atoms with Crippen molar-refractivity contribution in [3.05, 3.63) is 34.9 Å². The number of allylic oxidation sites excluding steroid dienone is 1. The summed E-state index contributed by atoms with van der Waals surface area (Å²) in [6.07, 6.45) is 17.9. The highest BCUT2D eigenvalue weighted by Crippen LogP contribution is 2.60. The van der Waals surface area contributed by atoms with Gasteiger partial charge < -0.3 is 44.7 Å². The topological polar surface area (TPSA) is 278 Å². The number of hydrogen-bond donors (Lipinski definition) is 5. The maximum Gasteiger partial charge on any atom is 0.481 e. The molecule has 21 heteroatoms. The van der Waals surface area contributed by atoms with Crippen LogP contribution in [0.25, 0.3) is 0 Å². The van der Waals surface area contributed by atoms with Gasteiger partial charge in [-0.25, -0.2) is 13.9 Å². The number of ether oxygens (including phenoxy) is 4. The molecule has 4 unspecified atom stereocenters. The summed E-state index contributed by atoms with van der Waals surface area (Å²) in [5.41, 5.74) is 4.58. The molecule has 368 valence electrons. The number of rotatable bonds is 36. The monoisotopic (exact) mass is 951 g/mol. The molecule has 9 atom stereocenters. The van der Waals surface area contributed by atoms with E-state index >= 15 is 0 Å². The molecule has 1 aromatic rings. The van der Waals surface area contributed by atoms with E-state index < -0.39 is 83.7 Å². The lowest BCUT2D eigenvalue weighted by Gasteiger charge is -2.21. The molecule has 0 amide bonds. The van der Waals surface area contributed by atoms with Crippen molar-refractivity contribution in [3.8, 4) is 0 Å². The van der Waals surface area contributed by atoms with Crippen LogP contribution in [0.1, 0.15) is 162 Å². The zero-order valence-electron chi connectivity index (χ0n) is 38.0. The zero-order chi connectivity index (χ0) is 47.0. The molecule has 2 aliphatic rings. The highest BCUT2D eigenvalue weighted by molar-refractivity contribution is 7.61. The SMILES string of the molecule is CCCCCC1OC1C/C=C\CCCCCCCC(=O)O[C@H](COC(=O)CCCCCCCCCC(C)C)COP(=O)(O)OP(=O)(O)OC[C@H]1O[C@@H](n2ccc(N)nc2=O)[C@H](O)[C@@H]1O. The van der Waals surface area contributed by atoms with Crippen molar-refractivity contribution in [3.63, 3.8) is 0 Å². The molecule has 0 radical (unpaired) electrons. The van der Waals surface area contributed by atoms with E-state index in [1.54, 1.807) is 0 Å². The molecule has 0 aliphatic carbocycles. The number of esters is 2. The summed E-state index contributed by atoms with van der Waals surface area (Å²) in [5.74, 6) is -0.621. The van der Waals surface area contributed by atoms with Gasteiger partial charge in [-0.2, -0.15) is 9.29 Å². The van der Waals surface area contributed by atoms with E-state index in [2.05, 4.69) is 42.2 Å². The van der Waals surface area contributed by atoms with Gasteiger partial charge in [0.1, 0.15) is 30.7 Å². The third kappa shape index (κ3) is 23.3. The second kappa shape index (κ2) is 30.0. The van der Waals surface area contributed by atoms with Gasteiger partial charge in [-0.3, -0.25) is 23.2 Å². The first-order valence-corrected chi connectivity index (χ1v) is 26.2. The molecular formula is C43H75N3O16P2. The highest BCUT2D eigenvalue weighted by Gasteiger charge is 2.46. The number of phosphoric acid groups is 2. The lowest BCUT2D eigenvalue weighted by Crippen LogP contribution is -2.36. The Morgan fingerprint density at radius 3 is 2.12 bits per heavy atom. The quantitative estimate of drug-likeness (QED) is 0.0145. The summed E-state index contributed by atoms with van der Waals surface area (Å²) in [4.78, 5) is 61.7. The van der Waals surface area contributed by atoms with E-state index in [0.29, 0.717) is 31.0 Å². The fourth-order valence-corrected chi connectivity index (χ4v) is 9.32. The number of carbonyl (C=O) groups excluding carboxylic acids is 2. The Bertz CT molecular complexity index is 1700. The maximum atomic E-state index is 12.8. The van der Waals surface area contributed by atoms with Crippen molar-refractivity contribution in [1.82, 2.24) is 9.55 Å². The number of unbranched alkanes of at least 4 members (excludes halogenated alkanes) is 13. The van der Waals surface area contributed by atoms with E-state index in [4.69, 9.17) is 33.7 Å². The van der Waals surface area contributed by atoms with Gasteiger partial charge in [0.15, 0.2) is 12.3 Å². The van der Waals surface area contributed by atoms with E-state index in [1.807, 2.05) is 0 Å². The van der Waals surface area contributed by atoms with Crippen molar-refractivity contribution in [2.24, 2.45) is 5.92 Å². The molecule has 2 saturated heterocycles. The first-order valence-electron chi connectivity index (χ1n) is 23.2. The molecular weight excluding hydrogens is 876 g/mol. The van der Waals surface area contributed by atoms with Crippen molar-refractivity contribution in [1.29, 1.82) is 0 Å². The number of nitrogen functional groups attached to an aromatic ring is 1. The average molecular weight is 952 g/mol. The minimum atomic E-state index is -5.42. The van der Waals surface area contributed by atoms with Gasteiger partial charge in [-0.05, 0) is 50.5 Å². The Balaban J connectivity index is 1.42. The van der Waals surface area contributed by atoms with Crippen molar-refractivity contribution >= 4 is 33.4 Å². The number of phosphoric ester groups is 2. The summed E-state index contributed by atoms with van der Waals surface area (Å²) in [6.45, 7) is 4.31. The first-order chi connectivity index (χ1) is 30.5. The minimum absolute atomic E-state index is 0.0315. The zero-order valence-corrected chi connectivity index (χ0v) is 39.7. The molecule has 3 rings (SSSR count). The second-order valence-electron chi connectivity index (χ2n) is 17.1. The Kier molecular flexibility index (Phi) is 26.1. The molecule has 0 aromatic carbocycles. The number of hydrogen-bond acceptors (Lipinski definition) is 16. The number of aliphatic hydroxyl groups is 2. The van der Waals surface area contributed by atoms with Gasteiger partial charge in [0.2, 0.25) is 0 Å². The molecule has 64 heavy (non-hydrogen) atoms. The van der Waals surface area contributed by atoms with E-state index in [0.717, 1.165) is 81.4 Å². The Labute approximate surface area is 378 Å². The lowest BCUT2D eigenvalue weighted by atomic mass is 10.0. The molecule has 0 spiro atoms. The number of epoxide rings is 1. The average Bonchev–Trinajstić information content (AvgIpc) is 3.92. The van der Waals surface area contributed by atoms with Crippen LogP contribution >= 0.6 is 15.6 Å². The molecule has 1 aromatic heterocycles. The molecule has 3 heterocycles. The fourth-order valence-electron chi connectivity index (χ4n) is 7.21. The number of carbonyl (C=O) groups is 2. The standard InChI is InChI=1S/C43H75N3O16P2/c1-4-5-17-23-34-35(60-34)24-19-14-10-6-7-11-16-21-26-39(48)59-33(29-56-38(47)25-20-15-12-8-9-13-18-22-32(2)3)30-57-63(52,53)62-64(54,55)58-31-36-40(49)41(50)42(61-36)46-28-27-37(44)45-43(46)51/h14,19,27-28,32-36,40-42,49-50H,4-13,15-18,20-26,29-31H2,1-3H3,(H,52,53)(H,54,55)(H2,44,45,51)/b19-14-/t33-,34?,35?,36-,40-,41-,42-/m1/s1.